The molecule has 0 saturated heterocycles. The molecular weight excluding hydrogens is 218 g/mol. The van der Waals surface area contributed by atoms with Crippen molar-refractivity contribution in [2.75, 3.05) is 18.5 Å². The Morgan fingerprint density at radius 2 is 1.76 bits per heavy atom. The molecule has 0 bridgehead atoms. The highest BCUT2D eigenvalue weighted by molar-refractivity contribution is 5.85. The fourth-order valence-electron chi connectivity index (χ4n) is 1.68. The molecule has 4 nitrogen and oxygen atoms in total. The van der Waals surface area contributed by atoms with E-state index in [0.717, 1.165) is 22.6 Å². The van der Waals surface area contributed by atoms with Gasteiger partial charge in [-0.05, 0) is 51.0 Å². The van der Waals surface area contributed by atoms with Gasteiger partial charge in [-0.3, -0.25) is 5.32 Å². The summed E-state index contributed by atoms with van der Waals surface area (Å²) in [5.74, 6) is 0.877. The lowest BCUT2D eigenvalue weighted by Crippen LogP contribution is -2.13. The first kappa shape index (κ1) is 13.4. The number of ether oxygens (including phenoxy) is 2. The van der Waals surface area contributed by atoms with Crippen LogP contribution in [-0.4, -0.2) is 19.3 Å². The predicted molar refractivity (Wildman–Crippen MR) is 67.7 cm³/mol. The third-order valence-electron chi connectivity index (χ3n) is 2.27. The van der Waals surface area contributed by atoms with Crippen molar-refractivity contribution in [2.24, 2.45) is 0 Å². The van der Waals surface area contributed by atoms with Crippen molar-refractivity contribution in [2.45, 2.75) is 27.7 Å². The minimum Gasteiger partial charge on any atom is -0.493 e. The Morgan fingerprint density at radius 1 is 1.18 bits per heavy atom. The van der Waals surface area contributed by atoms with E-state index in [0.29, 0.717) is 13.2 Å². The van der Waals surface area contributed by atoms with Gasteiger partial charge in [0, 0.05) is 5.69 Å². The molecular formula is C13H19NO3. The van der Waals surface area contributed by atoms with Crippen LogP contribution in [-0.2, 0) is 4.74 Å². The van der Waals surface area contributed by atoms with Gasteiger partial charge in [-0.15, -0.1) is 0 Å². The fraction of sp³-hybridized carbons (Fsp3) is 0.462. The number of aryl methyl sites for hydroxylation is 2. The van der Waals surface area contributed by atoms with Gasteiger partial charge in [0.2, 0.25) is 0 Å². The summed E-state index contributed by atoms with van der Waals surface area (Å²) in [4.78, 5) is 11.3. The number of nitrogens with one attached hydrogen (secondary N) is 1. The van der Waals surface area contributed by atoms with E-state index < -0.39 is 6.09 Å². The molecule has 0 unspecified atom stereocenters. The molecule has 1 N–H and O–H groups in total. The number of hydrogen-bond donors (Lipinski definition) is 1. The third-order valence-corrected chi connectivity index (χ3v) is 2.27. The highest BCUT2D eigenvalue weighted by atomic mass is 16.5. The number of carbonyl (C=O) groups is 1. The zero-order valence-electron chi connectivity index (χ0n) is 10.8. The van der Waals surface area contributed by atoms with E-state index in [9.17, 15) is 4.79 Å². The number of anilines is 1. The SMILES string of the molecule is CCOC(=O)Nc1cc(C)c(OCC)c(C)c1. The highest BCUT2D eigenvalue weighted by Gasteiger charge is 2.08. The van der Waals surface area contributed by atoms with Crippen LogP contribution in [0.1, 0.15) is 25.0 Å². The molecule has 0 heterocycles. The maximum Gasteiger partial charge on any atom is 0.411 e. The second kappa shape index (κ2) is 6.13. The number of hydrogen-bond acceptors (Lipinski definition) is 3. The zero-order chi connectivity index (χ0) is 12.8. The van der Waals surface area contributed by atoms with E-state index in [4.69, 9.17) is 9.47 Å². The molecule has 1 amide bonds. The standard InChI is InChI=1S/C13H19NO3/c1-5-16-12-9(3)7-11(8-10(12)4)14-13(15)17-6-2/h7-8H,5-6H2,1-4H3,(H,14,15). The molecule has 0 aromatic heterocycles. The molecule has 1 aromatic rings. The molecule has 0 aliphatic carbocycles. The second-order valence-corrected chi connectivity index (χ2v) is 3.72. The molecule has 0 spiro atoms. The van der Waals surface area contributed by atoms with Gasteiger partial charge in [-0.25, -0.2) is 4.79 Å². The van der Waals surface area contributed by atoms with E-state index in [1.165, 1.54) is 0 Å². The smallest absolute Gasteiger partial charge is 0.411 e. The van der Waals surface area contributed by atoms with E-state index in [1.807, 2.05) is 32.9 Å². The number of rotatable bonds is 4. The molecule has 94 valence electrons. The van der Waals surface area contributed by atoms with Gasteiger partial charge in [-0.2, -0.15) is 0 Å². The van der Waals surface area contributed by atoms with Crippen LogP contribution in [0.3, 0.4) is 0 Å². The van der Waals surface area contributed by atoms with Gasteiger partial charge in [0.05, 0.1) is 13.2 Å². The summed E-state index contributed by atoms with van der Waals surface area (Å²) in [7, 11) is 0. The van der Waals surface area contributed by atoms with E-state index in [-0.39, 0.29) is 0 Å². The zero-order valence-corrected chi connectivity index (χ0v) is 10.8. The average Bonchev–Trinajstić information content (AvgIpc) is 2.23. The van der Waals surface area contributed by atoms with Gasteiger partial charge in [0.15, 0.2) is 0 Å². The Bertz CT molecular complexity index is 379. The van der Waals surface area contributed by atoms with Crippen LogP contribution in [0.4, 0.5) is 10.5 Å². The minimum atomic E-state index is -0.435. The predicted octanol–water partition coefficient (Wildman–Crippen LogP) is 3.27. The van der Waals surface area contributed by atoms with Crippen molar-refractivity contribution in [3.8, 4) is 5.75 Å². The first-order valence-corrected chi connectivity index (χ1v) is 5.76. The van der Waals surface area contributed by atoms with Gasteiger partial charge in [0.1, 0.15) is 5.75 Å². The lowest BCUT2D eigenvalue weighted by atomic mass is 10.1. The van der Waals surface area contributed by atoms with E-state index in [2.05, 4.69) is 5.32 Å². The van der Waals surface area contributed by atoms with Crippen LogP contribution in [0.2, 0.25) is 0 Å². The lowest BCUT2D eigenvalue weighted by molar-refractivity contribution is 0.168. The van der Waals surface area contributed by atoms with Crippen LogP contribution in [0.5, 0.6) is 5.75 Å². The summed E-state index contributed by atoms with van der Waals surface area (Å²) in [5, 5.41) is 2.68. The molecule has 17 heavy (non-hydrogen) atoms. The maximum absolute atomic E-state index is 11.3. The summed E-state index contributed by atoms with van der Waals surface area (Å²) in [6.07, 6.45) is -0.435. The van der Waals surface area contributed by atoms with Crippen molar-refractivity contribution in [3.63, 3.8) is 0 Å². The fourth-order valence-corrected chi connectivity index (χ4v) is 1.68. The van der Waals surface area contributed by atoms with E-state index in [1.54, 1.807) is 6.92 Å². The number of amides is 1. The molecule has 0 saturated carbocycles. The Morgan fingerprint density at radius 3 is 2.24 bits per heavy atom. The maximum atomic E-state index is 11.3. The summed E-state index contributed by atoms with van der Waals surface area (Å²) in [6, 6.07) is 3.74. The van der Waals surface area contributed by atoms with Crippen molar-refractivity contribution < 1.29 is 14.3 Å². The molecule has 0 atom stereocenters. The number of carbonyl (C=O) groups excluding carboxylic acids is 1. The molecule has 1 rings (SSSR count). The van der Waals surface area contributed by atoms with Crippen molar-refractivity contribution in [1.29, 1.82) is 0 Å². The van der Waals surface area contributed by atoms with Crippen LogP contribution in [0, 0.1) is 13.8 Å². The molecule has 0 fully saturated rings. The molecule has 0 aliphatic rings. The molecule has 1 aromatic carbocycles. The third kappa shape index (κ3) is 3.66. The lowest BCUT2D eigenvalue weighted by Gasteiger charge is -2.13. The summed E-state index contributed by atoms with van der Waals surface area (Å²) in [5.41, 5.74) is 2.72. The Hall–Kier alpha value is -1.71. The Labute approximate surface area is 102 Å². The van der Waals surface area contributed by atoms with E-state index >= 15 is 0 Å². The van der Waals surface area contributed by atoms with Gasteiger partial charge < -0.3 is 9.47 Å². The quantitative estimate of drug-likeness (QED) is 0.874. The van der Waals surface area contributed by atoms with Gasteiger partial charge in [-0.1, -0.05) is 0 Å². The Balaban J connectivity index is 2.86. The Kier molecular flexibility index (Phi) is 4.82. The minimum absolute atomic E-state index is 0.362. The highest BCUT2D eigenvalue weighted by Crippen LogP contribution is 2.27. The summed E-state index contributed by atoms with van der Waals surface area (Å²) in [6.45, 7) is 8.62. The monoisotopic (exact) mass is 237 g/mol. The largest absolute Gasteiger partial charge is 0.493 e. The normalized spacial score (nSPS) is 9.88. The summed E-state index contributed by atoms with van der Waals surface area (Å²) >= 11 is 0. The van der Waals surface area contributed by atoms with Crippen molar-refractivity contribution in [3.05, 3.63) is 23.3 Å². The molecule has 0 radical (unpaired) electrons. The van der Waals surface area contributed by atoms with Crippen LogP contribution in [0.15, 0.2) is 12.1 Å². The number of benzene rings is 1. The first-order chi connectivity index (χ1) is 8.08. The molecule has 0 aliphatic heterocycles. The average molecular weight is 237 g/mol. The summed E-state index contributed by atoms with van der Waals surface area (Å²) < 4.78 is 10.4. The van der Waals surface area contributed by atoms with Crippen molar-refractivity contribution in [1.82, 2.24) is 0 Å². The van der Waals surface area contributed by atoms with Crippen LogP contribution < -0.4 is 10.1 Å². The van der Waals surface area contributed by atoms with Crippen LogP contribution >= 0.6 is 0 Å². The van der Waals surface area contributed by atoms with Crippen LogP contribution in [0.25, 0.3) is 0 Å². The van der Waals surface area contributed by atoms with Crippen molar-refractivity contribution >= 4 is 11.8 Å². The van der Waals surface area contributed by atoms with Gasteiger partial charge >= 0.3 is 6.09 Å². The molecule has 4 heteroatoms. The first-order valence-electron chi connectivity index (χ1n) is 5.76. The van der Waals surface area contributed by atoms with Gasteiger partial charge in [0.25, 0.3) is 0 Å². The second-order valence-electron chi connectivity index (χ2n) is 3.72. The topological polar surface area (TPSA) is 47.6 Å².